The minimum atomic E-state index is -0.595. The smallest absolute Gasteiger partial charge is 0.339 e. The summed E-state index contributed by atoms with van der Waals surface area (Å²) in [4.78, 5) is 54.9. The molecule has 0 fully saturated rings. The number of ketones is 2. The van der Waals surface area contributed by atoms with Gasteiger partial charge in [-0.2, -0.15) is 0 Å². The predicted octanol–water partition coefficient (Wildman–Crippen LogP) is 12.4. The van der Waals surface area contributed by atoms with E-state index in [9.17, 15) is 19.2 Å². The molecule has 2 aliphatic rings. The van der Waals surface area contributed by atoms with Gasteiger partial charge in [-0.25, -0.2) is 9.59 Å². The second-order valence-corrected chi connectivity index (χ2v) is 19.2. The summed E-state index contributed by atoms with van der Waals surface area (Å²) in [5.41, 5.74) is 1.09. The standard InChI is InChI=1S/C54H80O12S2/c1-3-5-7-9-11-13-15-17-19-21-29-59-31-33-61-35-37-63-39-41-65-53(57)45-27-23-25-43-47(55)51(67-49(43)45)52-48(56)44-26-24-28-46(50(44)68-52)54(58)66-42-40-64-38-36-62-34-32-60-30-22-20-18-16-14-12-10-8-6-4-2/h23-28H,3-22,29-42H2,1-2H3/b52-51+. The number of thioether (sulfide) groups is 2. The van der Waals surface area contributed by atoms with Crippen LogP contribution in [0.1, 0.15) is 184 Å². The fourth-order valence-electron chi connectivity index (χ4n) is 7.82. The molecule has 4 rings (SSSR count). The Labute approximate surface area is 415 Å². The monoisotopic (exact) mass is 985 g/mol. The van der Waals surface area contributed by atoms with Crippen molar-refractivity contribution in [2.24, 2.45) is 0 Å². The van der Waals surface area contributed by atoms with Gasteiger partial charge in [-0.15, -0.1) is 0 Å². The van der Waals surface area contributed by atoms with Crippen LogP contribution in [0.3, 0.4) is 0 Å². The molecule has 0 unspecified atom stereocenters. The maximum Gasteiger partial charge on any atom is 0.339 e. The second kappa shape index (κ2) is 36.8. The fourth-order valence-corrected chi connectivity index (χ4v) is 10.3. The van der Waals surface area contributed by atoms with Crippen molar-refractivity contribution >= 4 is 47.0 Å². The number of carbonyl (C=O) groups is 4. The second-order valence-electron chi connectivity index (χ2n) is 17.2. The Bertz CT molecular complexity index is 1670. The van der Waals surface area contributed by atoms with Gasteiger partial charge in [-0.3, -0.25) is 9.59 Å². The van der Waals surface area contributed by atoms with Gasteiger partial charge in [0.2, 0.25) is 11.6 Å². The average molecular weight is 985 g/mol. The van der Waals surface area contributed by atoms with Crippen molar-refractivity contribution in [3.05, 3.63) is 68.5 Å². The Morgan fingerprint density at radius 2 is 0.647 bits per heavy atom. The van der Waals surface area contributed by atoms with Crippen molar-refractivity contribution in [1.29, 1.82) is 0 Å². The van der Waals surface area contributed by atoms with E-state index in [1.54, 1.807) is 36.4 Å². The van der Waals surface area contributed by atoms with Crippen LogP contribution in [0.25, 0.3) is 0 Å². The van der Waals surface area contributed by atoms with Gasteiger partial charge in [-0.05, 0) is 37.1 Å². The molecule has 68 heavy (non-hydrogen) atoms. The molecule has 0 saturated carbocycles. The maximum atomic E-state index is 13.7. The molecule has 0 aliphatic carbocycles. The highest BCUT2D eigenvalue weighted by molar-refractivity contribution is 8.08. The van der Waals surface area contributed by atoms with E-state index in [4.69, 9.17) is 37.9 Å². The minimum Gasteiger partial charge on any atom is -0.460 e. The summed E-state index contributed by atoms with van der Waals surface area (Å²) in [6.45, 7) is 10.1. The lowest BCUT2D eigenvalue weighted by molar-refractivity contribution is -0.00000939. The Morgan fingerprint density at radius 3 is 0.971 bits per heavy atom. The third-order valence-electron chi connectivity index (χ3n) is 11.7. The van der Waals surface area contributed by atoms with Crippen LogP contribution in [0.4, 0.5) is 0 Å². The number of benzene rings is 2. The van der Waals surface area contributed by atoms with Crippen LogP contribution in [0.15, 0.2) is 56.0 Å². The molecule has 2 heterocycles. The Hall–Kier alpha value is -3.08. The van der Waals surface area contributed by atoms with Crippen molar-refractivity contribution in [3.8, 4) is 0 Å². The summed E-state index contributed by atoms with van der Waals surface area (Å²) in [6.07, 6.45) is 26.0. The van der Waals surface area contributed by atoms with E-state index < -0.39 is 11.9 Å². The van der Waals surface area contributed by atoms with Crippen LogP contribution < -0.4 is 0 Å². The fraction of sp³-hybridized carbons (Fsp3) is 0.667. The summed E-state index contributed by atoms with van der Waals surface area (Å²) >= 11 is 2.13. The highest BCUT2D eigenvalue weighted by atomic mass is 32.2. The number of rotatable bonds is 42. The highest BCUT2D eigenvalue weighted by Gasteiger charge is 2.39. The van der Waals surface area contributed by atoms with Crippen LogP contribution in [0.5, 0.6) is 0 Å². The van der Waals surface area contributed by atoms with Crippen LogP contribution in [0, 0.1) is 0 Å². The number of carbonyl (C=O) groups excluding carboxylic acids is 4. The molecule has 0 atom stereocenters. The zero-order valence-corrected chi connectivity index (χ0v) is 42.9. The largest absolute Gasteiger partial charge is 0.460 e. The van der Waals surface area contributed by atoms with Gasteiger partial charge in [0.15, 0.2) is 0 Å². The van der Waals surface area contributed by atoms with Crippen molar-refractivity contribution < 1.29 is 57.1 Å². The Kier molecular flexibility index (Phi) is 31.1. The molecule has 14 heteroatoms. The van der Waals surface area contributed by atoms with E-state index in [1.165, 1.54) is 116 Å². The number of unbranched alkanes of at least 4 members (excludes halogenated alkanes) is 18. The van der Waals surface area contributed by atoms with Gasteiger partial charge in [0.25, 0.3) is 0 Å². The first-order valence-corrected chi connectivity index (χ1v) is 27.4. The third kappa shape index (κ3) is 21.9. The summed E-state index contributed by atoms with van der Waals surface area (Å²) in [6, 6.07) is 9.70. The number of hydrogen-bond donors (Lipinski definition) is 0. The van der Waals surface area contributed by atoms with Gasteiger partial charge in [-0.1, -0.05) is 165 Å². The van der Waals surface area contributed by atoms with E-state index in [2.05, 4.69) is 13.8 Å². The molecule has 2 aliphatic heterocycles. The summed E-state index contributed by atoms with van der Waals surface area (Å²) in [7, 11) is 0. The first-order chi connectivity index (χ1) is 33.5. The van der Waals surface area contributed by atoms with Gasteiger partial charge in [0.05, 0.1) is 87.0 Å². The third-order valence-corrected chi connectivity index (χ3v) is 14.3. The SMILES string of the molecule is CCCCCCCCCCCCOCCOCCOCCOC(=O)c1cccc2c1S/C(=C1/Sc3c(C(=O)OCCOCCOCCOCCCCCCCCCCCC)cccc3C1=O)C2=O. The van der Waals surface area contributed by atoms with Gasteiger partial charge in [0.1, 0.15) is 13.2 Å². The molecule has 0 spiro atoms. The van der Waals surface area contributed by atoms with E-state index in [0.29, 0.717) is 73.8 Å². The minimum absolute atomic E-state index is 0.0233. The van der Waals surface area contributed by atoms with Gasteiger partial charge < -0.3 is 37.9 Å². The maximum absolute atomic E-state index is 13.7. The van der Waals surface area contributed by atoms with E-state index in [0.717, 1.165) is 49.6 Å². The van der Waals surface area contributed by atoms with Crippen molar-refractivity contribution in [2.45, 2.75) is 152 Å². The summed E-state index contributed by atoms with van der Waals surface area (Å²) < 4.78 is 44.7. The van der Waals surface area contributed by atoms with Crippen LogP contribution in [-0.4, -0.2) is 116 Å². The lowest BCUT2D eigenvalue weighted by Crippen LogP contribution is -2.14. The van der Waals surface area contributed by atoms with Crippen LogP contribution in [-0.2, 0) is 37.9 Å². The zero-order valence-electron chi connectivity index (χ0n) is 41.2. The number of ether oxygens (including phenoxy) is 8. The Balaban J connectivity index is 1.05. The van der Waals surface area contributed by atoms with Gasteiger partial charge in [0, 0.05) is 34.1 Å². The molecule has 0 N–H and O–H groups in total. The molecule has 12 nitrogen and oxygen atoms in total. The molecule has 2 aromatic carbocycles. The van der Waals surface area contributed by atoms with E-state index in [-0.39, 0.29) is 58.9 Å². The Morgan fingerprint density at radius 1 is 0.368 bits per heavy atom. The lowest BCUT2D eigenvalue weighted by atomic mass is 10.0. The number of allylic oxidation sites excluding steroid dienone is 2. The normalized spacial score (nSPS) is 14.2. The molecule has 0 aromatic heterocycles. The number of fused-ring (bicyclic) bond motifs is 2. The lowest BCUT2D eigenvalue weighted by Gasteiger charge is -2.09. The molecule has 0 amide bonds. The quantitative estimate of drug-likeness (QED) is 0.0354. The molecule has 0 saturated heterocycles. The molecular weight excluding hydrogens is 905 g/mol. The molecule has 0 bridgehead atoms. The molecular formula is C54H80O12S2. The molecule has 380 valence electrons. The van der Waals surface area contributed by atoms with E-state index in [1.807, 2.05) is 0 Å². The van der Waals surface area contributed by atoms with Crippen molar-refractivity contribution in [3.63, 3.8) is 0 Å². The highest BCUT2D eigenvalue weighted by Crippen LogP contribution is 2.51. The van der Waals surface area contributed by atoms with Crippen LogP contribution in [0.2, 0.25) is 0 Å². The number of hydrogen-bond acceptors (Lipinski definition) is 14. The van der Waals surface area contributed by atoms with Crippen molar-refractivity contribution in [1.82, 2.24) is 0 Å². The van der Waals surface area contributed by atoms with Crippen molar-refractivity contribution in [2.75, 3.05) is 92.5 Å². The first kappa shape index (κ1) is 57.5. The molecule has 2 aromatic rings. The summed E-state index contributed by atoms with van der Waals surface area (Å²) in [5, 5.41) is 0. The summed E-state index contributed by atoms with van der Waals surface area (Å²) in [5.74, 6) is -1.92. The molecule has 0 radical (unpaired) electrons. The average Bonchev–Trinajstić information content (AvgIpc) is 3.87. The topological polar surface area (TPSA) is 142 Å². The first-order valence-electron chi connectivity index (χ1n) is 25.7. The van der Waals surface area contributed by atoms with Crippen LogP contribution >= 0.6 is 23.5 Å². The predicted molar refractivity (Wildman–Crippen MR) is 269 cm³/mol. The number of Topliss-reactive ketones (excluding diaryl/α,β-unsaturated/α-hetero) is 2. The zero-order chi connectivity index (χ0) is 48.3. The van der Waals surface area contributed by atoms with Gasteiger partial charge >= 0.3 is 11.9 Å². The number of esters is 2. The van der Waals surface area contributed by atoms with E-state index >= 15 is 0 Å².